The summed E-state index contributed by atoms with van der Waals surface area (Å²) in [7, 11) is 1.88. The maximum Gasteiger partial charge on any atom is 0.269 e. The van der Waals surface area contributed by atoms with Crippen molar-refractivity contribution in [2.24, 2.45) is 0 Å². The van der Waals surface area contributed by atoms with Crippen LogP contribution in [-0.4, -0.2) is 39.7 Å². The zero-order valence-corrected chi connectivity index (χ0v) is 12.7. The molecule has 0 saturated heterocycles. The van der Waals surface area contributed by atoms with Gasteiger partial charge in [0, 0.05) is 31.4 Å². The monoisotopic (exact) mass is 290 g/mol. The molecular formula is C14H22N6O. The smallest absolute Gasteiger partial charge is 0.269 e. The molecule has 0 bridgehead atoms. The molecule has 0 radical (unpaired) electrons. The van der Waals surface area contributed by atoms with Crippen LogP contribution in [0.5, 0.6) is 0 Å². The van der Waals surface area contributed by atoms with Gasteiger partial charge in [-0.05, 0) is 27.0 Å². The van der Waals surface area contributed by atoms with E-state index in [1.54, 1.807) is 12.3 Å². The van der Waals surface area contributed by atoms with Gasteiger partial charge in [-0.1, -0.05) is 0 Å². The van der Waals surface area contributed by atoms with Crippen molar-refractivity contribution < 1.29 is 0 Å². The summed E-state index contributed by atoms with van der Waals surface area (Å²) >= 11 is 0. The molecule has 0 aliphatic heterocycles. The molecule has 0 fully saturated rings. The van der Waals surface area contributed by atoms with Crippen LogP contribution in [0.3, 0.4) is 0 Å². The third-order valence-electron chi connectivity index (χ3n) is 3.08. The Kier molecular flexibility index (Phi) is 5.10. The van der Waals surface area contributed by atoms with Gasteiger partial charge in [-0.25, -0.2) is 4.68 Å². The van der Waals surface area contributed by atoms with E-state index in [1.807, 2.05) is 24.0 Å². The summed E-state index contributed by atoms with van der Waals surface area (Å²) in [5.41, 5.74) is 1.43. The first-order valence-corrected chi connectivity index (χ1v) is 7.10. The Balaban J connectivity index is 2.04. The molecule has 2 N–H and O–H groups in total. The third-order valence-corrected chi connectivity index (χ3v) is 3.08. The number of hydrogen-bond donors (Lipinski definition) is 2. The maximum absolute atomic E-state index is 12.0. The Labute approximate surface area is 124 Å². The molecule has 2 heterocycles. The molecule has 2 aromatic heterocycles. The largest absolute Gasteiger partial charge is 0.382 e. The van der Waals surface area contributed by atoms with Crippen molar-refractivity contribution in [1.82, 2.24) is 24.9 Å². The van der Waals surface area contributed by atoms with Crippen LogP contribution in [0.2, 0.25) is 0 Å². The molecule has 0 spiro atoms. The van der Waals surface area contributed by atoms with Gasteiger partial charge in [-0.15, -0.1) is 0 Å². The van der Waals surface area contributed by atoms with Gasteiger partial charge in [0.1, 0.15) is 0 Å². The minimum absolute atomic E-state index is 0.136. The Morgan fingerprint density at radius 2 is 2.14 bits per heavy atom. The van der Waals surface area contributed by atoms with E-state index in [0.29, 0.717) is 12.6 Å². The second-order valence-corrected chi connectivity index (χ2v) is 5.15. The van der Waals surface area contributed by atoms with Crippen molar-refractivity contribution in [3.8, 4) is 0 Å². The van der Waals surface area contributed by atoms with Gasteiger partial charge < -0.3 is 10.6 Å². The molecule has 0 aliphatic carbocycles. The van der Waals surface area contributed by atoms with Crippen LogP contribution < -0.4 is 16.2 Å². The lowest BCUT2D eigenvalue weighted by Crippen LogP contribution is -2.24. The van der Waals surface area contributed by atoms with E-state index in [0.717, 1.165) is 24.5 Å². The molecule has 0 aromatic carbocycles. The minimum Gasteiger partial charge on any atom is -0.382 e. The lowest BCUT2D eigenvalue weighted by molar-refractivity contribution is 0.518. The van der Waals surface area contributed by atoms with Crippen LogP contribution >= 0.6 is 0 Å². The highest BCUT2D eigenvalue weighted by Crippen LogP contribution is 2.05. The van der Waals surface area contributed by atoms with Gasteiger partial charge in [0.15, 0.2) is 0 Å². The van der Waals surface area contributed by atoms with Gasteiger partial charge in [-0.2, -0.15) is 10.2 Å². The Hall–Kier alpha value is -2.15. The van der Waals surface area contributed by atoms with Crippen LogP contribution in [0.25, 0.3) is 0 Å². The molecule has 0 atom stereocenters. The fourth-order valence-corrected chi connectivity index (χ4v) is 1.88. The average molecular weight is 290 g/mol. The quantitative estimate of drug-likeness (QED) is 0.734. The summed E-state index contributed by atoms with van der Waals surface area (Å²) in [5.74, 6) is 0. The molecule has 2 rings (SSSR count). The second-order valence-electron chi connectivity index (χ2n) is 5.15. The number of rotatable bonds is 7. The van der Waals surface area contributed by atoms with Crippen LogP contribution in [0.4, 0.5) is 5.69 Å². The van der Waals surface area contributed by atoms with Crippen LogP contribution in [-0.2, 0) is 6.54 Å². The number of likely N-dealkylation sites (N-methyl/N-ethyl adjacent to an activating group) is 1. The van der Waals surface area contributed by atoms with E-state index < -0.39 is 0 Å². The standard InChI is InChI=1S/C14H22N6O/c1-11(2)19-7-4-12(18-19)10-20-14(21)8-13(9-17-20)16-6-5-15-3/h4,7-9,11,15-16H,5-6,10H2,1-3H3. The molecule has 0 unspecified atom stereocenters. The second kappa shape index (κ2) is 7.03. The van der Waals surface area contributed by atoms with E-state index in [9.17, 15) is 4.79 Å². The number of aromatic nitrogens is 4. The van der Waals surface area contributed by atoms with Crippen molar-refractivity contribution in [3.63, 3.8) is 0 Å². The number of nitrogens with one attached hydrogen (secondary N) is 2. The number of nitrogens with zero attached hydrogens (tertiary/aromatic N) is 4. The lowest BCUT2D eigenvalue weighted by Gasteiger charge is -2.07. The normalized spacial score (nSPS) is 11.0. The topological polar surface area (TPSA) is 76.8 Å². The van der Waals surface area contributed by atoms with E-state index in [2.05, 4.69) is 34.7 Å². The highest BCUT2D eigenvalue weighted by Gasteiger charge is 2.05. The Morgan fingerprint density at radius 1 is 1.33 bits per heavy atom. The summed E-state index contributed by atoms with van der Waals surface area (Å²) < 4.78 is 3.28. The third kappa shape index (κ3) is 4.16. The van der Waals surface area contributed by atoms with Crippen LogP contribution in [0.1, 0.15) is 25.6 Å². The SMILES string of the molecule is CNCCNc1cnn(Cc2ccn(C(C)C)n2)c(=O)c1. The van der Waals surface area contributed by atoms with E-state index in [1.165, 1.54) is 4.68 Å². The molecule has 7 nitrogen and oxygen atoms in total. The summed E-state index contributed by atoms with van der Waals surface area (Å²) in [4.78, 5) is 12.0. The molecule has 0 amide bonds. The van der Waals surface area contributed by atoms with Crippen LogP contribution in [0, 0.1) is 0 Å². The van der Waals surface area contributed by atoms with Crippen molar-refractivity contribution in [2.75, 3.05) is 25.5 Å². The zero-order chi connectivity index (χ0) is 15.2. The number of hydrogen-bond acceptors (Lipinski definition) is 5. The van der Waals surface area contributed by atoms with E-state index in [-0.39, 0.29) is 5.56 Å². The van der Waals surface area contributed by atoms with Gasteiger partial charge in [0.05, 0.1) is 24.1 Å². The summed E-state index contributed by atoms with van der Waals surface area (Å²) in [5, 5.41) is 14.8. The summed E-state index contributed by atoms with van der Waals surface area (Å²) in [6.07, 6.45) is 3.58. The average Bonchev–Trinajstić information content (AvgIpc) is 2.91. The van der Waals surface area contributed by atoms with Gasteiger partial charge in [0.2, 0.25) is 0 Å². The molecule has 2 aromatic rings. The zero-order valence-electron chi connectivity index (χ0n) is 12.7. The van der Waals surface area contributed by atoms with Gasteiger partial charge in [-0.3, -0.25) is 9.48 Å². The highest BCUT2D eigenvalue weighted by molar-refractivity contribution is 5.38. The highest BCUT2D eigenvalue weighted by atomic mass is 16.1. The summed E-state index contributed by atoms with van der Waals surface area (Å²) in [6.45, 7) is 6.09. The fraction of sp³-hybridized carbons (Fsp3) is 0.500. The summed E-state index contributed by atoms with van der Waals surface area (Å²) in [6, 6.07) is 3.78. The number of anilines is 1. The predicted molar refractivity (Wildman–Crippen MR) is 82.6 cm³/mol. The van der Waals surface area contributed by atoms with E-state index in [4.69, 9.17) is 0 Å². The van der Waals surface area contributed by atoms with Crippen molar-refractivity contribution >= 4 is 5.69 Å². The van der Waals surface area contributed by atoms with E-state index >= 15 is 0 Å². The minimum atomic E-state index is -0.136. The Morgan fingerprint density at radius 3 is 2.76 bits per heavy atom. The lowest BCUT2D eigenvalue weighted by atomic mass is 10.4. The first-order valence-electron chi connectivity index (χ1n) is 7.10. The first kappa shape index (κ1) is 15.2. The van der Waals surface area contributed by atoms with Gasteiger partial charge in [0.25, 0.3) is 5.56 Å². The first-order chi connectivity index (χ1) is 10.1. The molecule has 114 valence electrons. The van der Waals surface area contributed by atoms with Crippen molar-refractivity contribution in [1.29, 1.82) is 0 Å². The van der Waals surface area contributed by atoms with Crippen molar-refractivity contribution in [2.45, 2.75) is 26.4 Å². The van der Waals surface area contributed by atoms with Crippen molar-refractivity contribution in [3.05, 3.63) is 40.6 Å². The Bertz CT molecular complexity index is 630. The van der Waals surface area contributed by atoms with Gasteiger partial charge >= 0.3 is 0 Å². The van der Waals surface area contributed by atoms with Crippen LogP contribution in [0.15, 0.2) is 29.3 Å². The molecule has 7 heteroatoms. The predicted octanol–water partition coefficient (Wildman–Crippen LogP) is 0.700. The fourth-order valence-electron chi connectivity index (χ4n) is 1.88. The molecule has 0 saturated carbocycles. The molecular weight excluding hydrogens is 268 g/mol. The molecule has 0 aliphatic rings. The maximum atomic E-state index is 12.0. The molecule has 21 heavy (non-hydrogen) atoms.